The molecule has 0 spiro atoms. The average molecular weight is 881 g/mol. The van der Waals surface area contributed by atoms with Crippen LogP contribution in [-0.4, -0.2) is 38.1 Å². The maximum atomic E-state index is 13.0. The SMILES string of the molecule is CCC/C=C/CCCCCCCCCCCCCCCCCOC(=O)c1ccc(S(=O)(=O)[O-])cc1C(=O)OCCCCCCCCCCCCCCCCC/C=C/CCC.[Na+]. The minimum atomic E-state index is -4.82. The zero-order valence-corrected chi connectivity index (χ0v) is 42.5. The molecule has 1 rings (SSSR count). The molecule has 61 heavy (non-hydrogen) atoms. The summed E-state index contributed by atoms with van der Waals surface area (Å²) in [5, 5.41) is 0. The molecular formula is C52H89NaO7S. The van der Waals surface area contributed by atoms with E-state index in [0.29, 0.717) is 12.8 Å². The van der Waals surface area contributed by atoms with Gasteiger partial charge in [-0.2, -0.15) is 0 Å². The van der Waals surface area contributed by atoms with E-state index >= 15 is 0 Å². The Morgan fingerprint density at radius 1 is 0.443 bits per heavy atom. The van der Waals surface area contributed by atoms with Gasteiger partial charge in [0.05, 0.1) is 29.2 Å². The van der Waals surface area contributed by atoms with Gasteiger partial charge in [0.15, 0.2) is 0 Å². The zero-order chi connectivity index (χ0) is 43.6. The predicted molar refractivity (Wildman–Crippen MR) is 251 cm³/mol. The van der Waals surface area contributed by atoms with Crippen molar-refractivity contribution < 1.29 is 61.6 Å². The Balaban J connectivity index is 0.0000360. The summed E-state index contributed by atoms with van der Waals surface area (Å²) in [5.74, 6) is -1.54. The standard InChI is InChI=1S/C52H90O7S.Na/c1-3-5-7-9-11-13-15-17-19-21-23-25-27-29-31-33-35-37-39-41-45-58-51(53)49-44-43-48(60(55,56)57)47-50(49)52(54)59-46-42-40-38-36-34-32-30-28-26-24-22-20-18-16-14-12-10-8-6-4-2;/h7-10,43-44,47H,3-6,11-42,45-46H2,1-2H3,(H,55,56,57);/q;+1/p-1/b9-7+,10-8+;. The summed E-state index contributed by atoms with van der Waals surface area (Å²) in [6.45, 7) is 4.82. The van der Waals surface area contributed by atoms with Crippen LogP contribution in [-0.2, 0) is 19.6 Å². The van der Waals surface area contributed by atoms with Gasteiger partial charge in [0.25, 0.3) is 0 Å². The monoisotopic (exact) mass is 881 g/mol. The molecule has 1 aromatic rings. The summed E-state index contributed by atoms with van der Waals surface area (Å²) in [7, 11) is -4.82. The number of hydrogen-bond acceptors (Lipinski definition) is 7. The third-order valence-corrected chi connectivity index (χ3v) is 12.3. The molecule has 0 heterocycles. The molecule has 0 unspecified atom stereocenters. The first kappa shape index (κ1) is 59.5. The predicted octanol–water partition coefficient (Wildman–Crippen LogP) is 13.1. The first-order chi connectivity index (χ1) is 29.3. The van der Waals surface area contributed by atoms with Crippen molar-refractivity contribution in [3.63, 3.8) is 0 Å². The van der Waals surface area contributed by atoms with E-state index in [0.717, 1.165) is 44.2 Å². The van der Waals surface area contributed by atoms with E-state index in [1.165, 1.54) is 192 Å². The molecule has 0 aliphatic carbocycles. The van der Waals surface area contributed by atoms with Crippen LogP contribution in [0.15, 0.2) is 47.4 Å². The van der Waals surface area contributed by atoms with Crippen molar-refractivity contribution in [1.82, 2.24) is 0 Å². The topological polar surface area (TPSA) is 110 Å². The molecule has 7 nitrogen and oxygen atoms in total. The van der Waals surface area contributed by atoms with E-state index < -0.39 is 27.0 Å². The minimum Gasteiger partial charge on any atom is -0.744 e. The van der Waals surface area contributed by atoms with Crippen molar-refractivity contribution in [3.05, 3.63) is 53.6 Å². The first-order valence-electron chi connectivity index (χ1n) is 25.0. The molecule has 0 fully saturated rings. The van der Waals surface area contributed by atoms with Crippen molar-refractivity contribution in [2.24, 2.45) is 0 Å². The van der Waals surface area contributed by atoms with Crippen LogP contribution in [0.25, 0.3) is 0 Å². The number of allylic oxidation sites excluding steroid dienone is 4. The molecule has 0 N–H and O–H groups in total. The van der Waals surface area contributed by atoms with Gasteiger partial charge in [-0.3, -0.25) is 0 Å². The van der Waals surface area contributed by atoms with Crippen LogP contribution in [0.4, 0.5) is 0 Å². The second-order valence-electron chi connectivity index (χ2n) is 17.1. The van der Waals surface area contributed by atoms with Gasteiger partial charge in [0, 0.05) is 0 Å². The second kappa shape index (κ2) is 43.8. The van der Waals surface area contributed by atoms with Gasteiger partial charge < -0.3 is 14.0 Å². The quantitative estimate of drug-likeness (QED) is 0.0211. The molecule has 1 aromatic carbocycles. The normalized spacial score (nSPS) is 11.7. The maximum Gasteiger partial charge on any atom is 1.00 e. The van der Waals surface area contributed by atoms with Crippen molar-refractivity contribution in [2.75, 3.05) is 13.2 Å². The molecule has 0 atom stereocenters. The van der Waals surface area contributed by atoms with E-state index in [2.05, 4.69) is 38.2 Å². The summed E-state index contributed by atoms with van der Waals surface area (Å²) in [6.07, 6.45) is 53.7. The van der Waals surface area contributed by atoms with Crippen molar-refractivity contribution >= 4 is 22.1 Å². The smallest absolute Gasteiger partial charge is 0.744 e. The van der Waals surface area contributed by atoms with Crippen LogP contribution < -0.4 is 29.6 Å². The zero-order valence-electron chi connectivity index (χ0n) is 39.7. The van der Waals surface area contributed by atoms with Crippen LogP contribution in [0.1, 0.15) is 266 Å². The van der Waals surface area contributed by atoms with E-state index in [1.54, 1.807) is 0 Å². The number of benzene rings is 1. The number of rotatable bonds is 43. The number of carbonyl (C=O) groups is 2. The van der Waals surface area contributed by atoms with Gasteiger partial charge in [-0.15, -0.1) is 0 Å². The summed E-state index contributed by atoms with van der Waals surface area (Å²) < 4.78 is 46.0. The Labute approximate surface area is 397 Å². The van der Waals surface area contributed by atoms with Crippen LogP contribution in [0.3, 0.4) is 0 Å². The van der Waals surface area contributed by atoms with Crippen LogP contribution in [0, 0.1) is 0 Å². The molecule has 0 saturated heterocycles. The van der Waals surface area contributed by atoms with Gasteiger partial charge in [-0.1, -0.05) is 218 Å². The molecule has 0 aliphatic heterocycles. The number of unbranched alkanes of at least 4 members (excludes halogenated alkanes) is 32. The fourth-order valence-electron chi connectivity index (χ4n) is 7.64. The first-order valence-corrected chi connectivity index (χ1v) is 26.5. The van der Waals surface area contributed by atoms with Gasteiger partial charge in [-0.25, -0.2) is 18.0 Å². The molecule has 0 aromatic heterocycles. The van der Waals surface area contributed by atoms with E-state index in [4.69, 9.17) is 9.47 Å². The van der Waals surface area contributed by atoms with Gasteiger partial charge >= 0.3 is 41.5 Å². The van der Waals surface area contributed by atoms with E-state index in [1.807, 2.05) is 0 Å². The Kier molecular flexibility index (Phi) is 42.7. The Bertz CT molecular complexity index is 1340. The fraction of sp³-hybridized carbons (Fsp3) is 0.769. The van der Waals surface area contributed by atoms with Crippen molar-refractivity contribution in [1.29, 1.82) is 0 Å². The largest absolute Gasteiger partial charge is 1.00 e. The van der Waals surface area contributed by atoms with Crippen molar-refractivity contribution in [3.8, 4) is 0 Å². The number of hydrogen-bond donors (Lipinski definition) is 0. The number of carbonyl (C=O) groups excluding carboxylic acids is 2. The molecule has 9 heteroatoms. The molecule has 0 aliphatic rings. The van der Waals surface area contributed by atoms with E-state index in [9.17, 15) is 22.6 Å². The van der Waals surface area contributed by atoms with Crippen LogP contribution in [0.2, 0.25) is 0 Å². The molecular weight excluding hydrogens is 792 g/mol. The molecule has 346 valence electrons. The number of ether oxygens (including phenoxy) is 2. The fourth-order valence-corrected chi connectivity index (χ4v) is 8.14. The molecule has 0 amide bonds. The average Bonchev–Trinajstić information content (AvgIpc) is 3.24. The number of esters is 2. The molecule has 0 bridgehead atoms. The summed E-state index contributed by atoms with van der Waals surface area (Å²) >= 11 is 0. The second-order valence-corrected chi connectivity index (χ2v) is 18.5. The summed E-state index contributed by atoms with van der Waals surface area (Å²) in [4.78, 5) is 25.3. The van der Waals surface area contributed by atoms with E-state index in [-0.39, 0.29) is 53.9 Å². The Morgan fingerprint density at radius 3 is 1.03 bits per heavy atom. The van der Waals surface area contributed by atoms with Gasteiger partial charge in [-0.05, 0) is 69.6 Å². The van der Waals surface area contributed by atoms with Gasteiger partial charge in [0.1, 0.15) is 10.1 Å². The third kappa shape index (κ3) is 36.6. The molecule has 0 radical (unpaired) electrons. The summed E-state index contributed by atoms with van der Waals surface area (Å²) in [6, 6.07) is 3.16. The van der Waals surface area contributed by atoms with Crippen molar-refractivity contribution in [2.45, 2.75) is 250 Å². The van der Waals surface area contributed by atoms with Crippen LogP contribution in [0.5, 0.6) is 0 Å². The third-order valence-electron chi connectivity index (χ3n) is 11.5. The summed E-state index contributed by atoms with van der Waals surface area (Å²) in [5.41, 5.74) is -0.330. The van der Waals surface area contributed by atoms with Gasteiger partial charge in [0.2, 0.25) is 0 Å². The Hall–Kier alpha value is -1.45. The Morgan fingerprint density at radius 2 is 0.721 bits per heavy atom. The molecule has 0 saturated carbocycles. The maximum absolute atomic E-state index is 13.0. The minimum absolute atomic E-state index is 0. The van der Waals surface area contributed by atoms with Crippen LogP contribution >= 0.6 is 0 Å².